The lowest BCUT2D eigenvalue weighted by molar-refractivity contribution is -0.135. The average molecular weight is 826 g/mol. The van der Waals surface area contributed by atoms with E-state index < -0.39 is 59.9 Å². The van der Waals surface area contributed by atoms with Gasteiger partial charge in [-0.2, -0.15) is 0 Å². The highest BCUT2D eigenvalue weighted by molar-refractivity contribution is 5.96. The zero-order chi connectivity index (χ0) is 44.0. The molecule has 0 spiro atoms. The van der Waals surface area contributed by atoms with Crippen LogP contribution in [0.25, 0.3) is 0 Å². The van der Waals surface area contributed by atoms with Gasteiger partial charge in [-0.15, -0.1) is 0 Å². The van der Waals surface area contributed by atoms with Gasteiger partial charge >= 0.3 is 6.03 Å². The summed E-state index contributed by atoms with van der Waals surface area (Å²) in [6.45, 7) is 11.8. The molecule has 0 fully saturated rings. The van der Waals surface area contributed by atoms with Gasteiger partial charge in [0, 0.05) is 25.3 Å². The lowest BCUT2D eigenvalue weighted by atomic mass is 9.97. The van der Waals surface area contributed by atoms with Crippen LogP contribution in [0.3, 0.4) is 0 Å². The maximum atomic E-state index is 14.3. The third kappa shape index (κ3) is 18.1. The summed E-state index contributed by atoms with van der Waals surface area (Å²) < 4.78 is 0. The zero-order valence-electron chi connectivity index (χ0n) is 36.2. The number of rotatable bonds is 25. The molecule has 3 aromatic rings. The lowest BCUT2D eigenvalue weighted by Gasteiger charge is -2.28. The van der Waals surface area contributed by atoms with E-state index >= 15 is 0 Å². The van der Waals surface area contributed by atoms with Crippen LogP contribution in [0.15, 0.2) is 91.0 Å². The number of Topliss-reactive ketones (excluding diaryl/α,β-unsaturated/α-hetero) is 1. The molecular weight excluding hydrogens is 759 g/mol. The molecule has 0 heterocycles. The smallest absolute Gasteiger partial charge is 0.315 e. The van der Waals surface area contributed by atoms with Crippen LogP contribution in [0.1, 0.15) is 90.3 Å². The molecular formula is C47H67N7O6. The summed E-state index contributed by atoms with van der Waals surface area (Å²) in [5, 5.41) is 17.1. The van der Waals surface area contributed by atoms with Gasteiger partial charge in [-0.1, -0.05) is 119 Å². The fraction of sp³-hybridized carbons (Fsp3) is 0.489. The monoisotopic (exact) mass is 826 g/mol. The molecule has 0 aliphatic rings. The van der Waals surface area contributed by atoms with Gasteiger partial charge in [-0.25, -0.2) is 4.79 Å². The van der Waals surface area contributed by atoms with Crippen molar-refractivity contribution in [2.24, 2.45) is 17.6 Å². The third-order valence-electron chi connectivity index (χ3n) is 9.79. The Labute approximate surface area is 356 Å². The fourth-order valence-corrected chi connectivity index (χ4v) is 6.79. The van der Waals surface area contributed by atoms with Crippen LogP contribution in [0.4, 0.5) is 4.79 Å². The van der Waals surface area contributed by atoms with E-state index in [1.165, 1.54) is 0 Å². The molecule has 3 rings (SSSR count). The Morgan fingerprint density at radius 2 is 0.800 bits per heavy atom. The predicted octanol–water partition coefficient (Wildman–Crippen LogP) is 4.52. The Hall–Kier alpha value is -5.56. The molecule has 0 aliphatic heterocycles. The first-order chi connectivity index (χ1) is 28.6. The van der Waals surface area contributed by atoms with Crippen molar-refractivity contribution in [2.45, 2.75) is 129 Å². The molecule has 0 saturated carbocycles. The van der Waals surface area contributed by atoms with Crippen LogP contribution in [0.5, 0.6) is 0 Å². The van der Waals surface area contributed by atoms with Crippen molar-refractivity contribution < 1.29 is 28.8 Å². The van der Waals surface area contributed by atoms with E-state index in [-0.39, 0.29) is 62.2 Å². The fourth-order valence-electron chi connectivity index (χ4n) is 6.79. The summed E-state index contributed by atoms with van der Waals surface area (Å²) >= 11 is 0. The lowest BCUT2D eigenvalue weighted by Crippen LogP contribution is -2.60. The molecule has 3 aromatic carbocycles. The predicted molar refractivity (Wildman–Crippen MR) is 236 cm³/mol. The SMILES string of the molecule is CC(C)CC(NC(=O)C(Cc1ccccc1)NC(=O)C(CC(C)C)NC(=O)C(Cc1ccccc1)NC(=O)NC(C)C)C(=O)NC(Cc1ccccc1)C(=O)CCCCN. The second-order valence-electron chi connectivity index (χ2n) is 16.6. The van der Waals surface area contributed by atoms with Crippen LogP contribution < -0.4 is 37.6 Å². The molecule has 326 valence electrons. The van der Waals surface area contributed by atoms with E-state index in [4.69, 9.17) is 5.73 Å². The van der Waals surface area contributed by atoms with Crippen LogP contribution in [0, 0.1) is 11.8 Å². The van der Waals surface area contributed by atoms with E-state index in [0.29, 0.717) is 19.4 Å². The standard InChI is InChI=1S/C47H67N7O6/c1-31(2)26-38(43(56)50-37(42(55)24-16-17-25-48)28-34-18-10-7-11-19-34)51-45(58)40(29-35-20-12-8-13-21-35)53-44(57)39(27-32(3)4)52-46(59)41(54-47(60)49-33(5)6)30-36-22-14-9-15-23-36/h7-15,18-23,31-33,37-41H,16-17,24-30,48H2,1-6H3,(H,50,56)(H,51,58)(H,52,59)(H,53,57)(H2,49,54,60). The van der Waals surface area contributed by atoms with Crippen molar-refractivity contribution in [3.8, 4) is 0 Å². The summed E-state index contributed by atoms with van der Waals surface area (Å²) in [6, 6.07) is 22.1. The summed E-state index contributed by atoms with van der Waals surface area (Å²) in [5.74, 6) is -2.41. The van der Waals surface area contributed by atoms with Gasteiger partial charge in [-0.3, -0.25) is 24.0 Å². The first-order valence-electron chi connectivity index (χ1n) is 21.3. The van der Waals surface area contributed by atoms with Gasteiger partial charge in [0.1, 0.15) is 24.2 Å². The highest BCUT2D eigenvalue weighted by atomic mass is 16.2. The van der Waals surface area contributed by atoms with Gasteiger partial charge in [0.15, 0.2) is 5.78 Å². The van der Waals surface area contributed by atoms with Gasteiger partial charge in [0.2, 0.25) is 23.6 Å². The third-order valence-corrected chi connectivity index (χ3v) is 9.79. The number of hydrogen-bond acceptors (Lipinski definition) is 7. The maximum absolute atomic E-state index is 14.3. The minimum Gasteiger partial charge on any atom is -0.344 e. The number of ketones is 1. The number of unbranched alkanes of at least 4 members (excludes halogenated alkanes) is 1. The van der Waals surface area contributed by atoms with Gasteiger partial charge in [0.25, 0.3) is 0 Å². The molecule has 13 nitrogen and oxygen atoms in total. The summed E-state index contributed by atoms with van der Waals surface area (Å²) in [6.07, 6.45) is 2.61. The second kappa shape index (κ2) is 25.8. The van der Waals surface area contributed by atoms with Gasteiger partial charge in [-0.05, 0) is 81.0 Å². The van der Waals surface area contributed by atoms with Crippen molar-refractivity contribution in [1.29, 1.82) is 0 Å². The molecule has 8 N–H and O–H groups in total. The van der Waals surface area contributed by atoms with E-state index in [0.717, 1.165) is 16.7 Å². The number of carbonyl (C=O) groups excluding carboxylic acids is 6. The highest BCUT2D eigenvalue weighted by Crippen LogP contribution is 2.13. The molecule has 5 atom stereocenters. The van der Waals surface area contributed by atoms with Gasteiger partial charge < -0.3 is 37.6 Å². The number of hydrogen-bond donors (Lipinski definition) is 7. The molecule has 0 saturated heterocycles. The summed E-state index contributed by atoms with van der Waals surface area (Å²) in [5.41, 5.74) is 8.14. The minimum atomic E-state index is -1.14. The molecule has 0 aliphatic carbocycles. The van der Waals surface area contributed by atoms with Crippen molar-refractivity contribution in [1.82, 2.24) is 31.9 Å². The first-order valence-corrected chi connectivity index (χ1v) is 21.3. The van der Waals surface area contributed by atoms with Crippen LogP contribution >= 0.6 is 0 Å². The van der Waals surface area contributed by atoms with Crippen LogP contribution in [0.2, 0.25) is 0 Å². The Bertz CT molecular complexity index is 1790. The Morgan fingerprint density at radius 1 is 0.450 bits per heavy atom. The number of carbonyl (C=O) groups is 6. The molecule has 13 heteroatoms. The zero-order valence-corrected chi connectivity index (χ0v) is 36.2. The Balaban J connectivity index is 1.88. The van der Waals surface area contributed by atoms with E-state index in [2.05, 4.69) is 31.9 Å². The molecule has 5 unspecified atom stereocenters. The minimum absolute atomic E-state index is 0.0123. The molecule has 0 aromatic heterocycles. The Morgan fingerprint density at radius 3 is 1.18 bits per heavy atom. The van der Waals surface area contributed by atoms with Crippen molar-refractivity contribution in [2.75, 3.05) is 6.54 Å². The highest BCUT2D eigenvalue weighted by Gasteiger charge is 2.33. The number of urea groups is 1. The normalized spacial score (nSPS) is 13.7. The van der Waals surface area contributed by atoms with E-state index in [9.17, 15) is 28.8 Å². The number of nitrogens with one attached hydrogen (secondary N) is 6. The maximum Gasteiger partial charge on any atom is 0.315 e. The number of nitrogens with two attached hydrogens (primary N) is 1. The van der Waals surface area contributed by atoms with Crippen molar-refractivity contribution in [3.05, 3.63) is 108 Å². The summed E-state index contributed by atoms with van der Waals surface area (Å²) in [4.78, 5) is 82.8. The average Bonchev–Trinajstić information content (AvgIpc) is 3.20. The van der Waals surface area contributed by atoms with Crippen molar-refractivity contribution >= 4 is 35.4 Å². The summed E-state index contributed by atoms with van der Waals surface area (Å²) in [7, 11) is 0. The molecule has 0 bridgehead atoms. The van der Waals surface area contributed by atoms with Crippen LogP contribution in [-0.2, 0) is 43.2 Å². The van der Waals surface area contributed by atoms with E-state index in [1.54, 1.807) is 0 Å². The second-order valence-corrected chi connectivity index (χ2v) is 16.6. The quantitative estimate of drug-likeness (QED) is 0.0609. The first kappa shape index (κ1) is 48.8. The van der Waals surface area contributed by atoms with E-state index in [1.807, 2.05) is 133 Å². The van der Waals surface area contributed by atoms with Crippen LogP contribution in [-0.4, -0.2) is 78.2 Å². The topological polar surface area (TPSA) is 201 Å². The number of benzene rings is 3. The largest absolute Gasteiger partial charge is 0.344 e. The number of amides is 6. The van der Waals surface area contributed by atoms with Crippen molar-refractivity contribution in [3.63, 3.8) is 0 Å². The van der Waals surface area contributed by atoms with Gasteiger partial charge in [0.05, 0.1) is 6.04 Å². The molecule has 6 amide bonds. The Kier molecular flexibility index (Phi) is 21.0. The molecule has 0 radical (unpaired) electrons. The molecule has 60 heavy (non-hydrogen) atoms.